The maximum Gasteiger partial charge on any atom is 0.200 e. The van der Waals surface area contributed by atoms with Crippen LogP contribution < -0.4 is 5.32 Å². The number of benzene rings is 2. The molecule has 112 valence electrons. The average Bonchev–Trinajstić information content (AvgIpc) is 2.51. The molecule has 2 aromatic rings. The van der Waals surface area contributed by atoms with Crippen molar-refractivity contribution in [1.29, 1.82) is 0 Å². The molecule has 2 rings (SSSR count). The van der Waals surface area contributed by atoms with Crippen molar-refractivity contribution < 1.29 is 22.0 Å². The van der Waals surface area contributed by atoms with Crippen LogP contribution in [0.4, 0.5) is 22.0 Å². The van der Waals surface area contributed by atoms with E-state index in [2.05, 4.69) is 5.32 Å². The molecule has 0 amide bonds. The Hall–Kier alpha value is -1.95. The van der Waals surface area contributed by atoms with Crippen LogP contribution in [0.25, 0.3) is 0 Å². The highest BCUT2D eigenvalue weighted by Crippen LogP contribution is 2.31. The first-order chi connectivity index (χ1) is 9.99. The molecule has 1 atom stereocenters. The van der Waals surface area contributed by atoms with Crippen molar-refractivity contribution in [2.24, 2.45) is 0 Å². The molecule has 0 aromatic heterocycles. The van der Waals surface area contributed by atoms with E-state index in [1.807, 2.05) is 0 Å². The molecule has 0 radical (unpaired) electrons. The molecule has 0 spiro atoms. The Bertz CT molecular complexity index is 613. The highest BCUT2D eigenvalue weighted by molar-refractivity contribution is 5.35. The summed E-state index contributed by atoms with van der Waals surface area (Å²) in [4.78, 5) is 0. The smallest absolute Gasteiger partial charge is 0.200 e. The molecular weight excluding hydrogens is 289 g/mol. The Balaban J connectivity index is 2.67. The first-order valence-electron chi connectivity index (χ1n) is 6.28. The lowest BCUT2D eigenvalue weighted by molar-refractivity contribution is 0.362. The lowest BCUT2D eigenvalue weighted by Gasteiger charge is -2.20. The highest BCUT2D eigenvalue weighted by Gasteiger charge is 2.30. The lowest BCUT2D eigenvalue weighted by Crippen LogP contribution is -2.25. The fourth-order valence-electron chi connectivity index (χ4n) is 2.11. The molecule has 0 saturated carbocycles. The van der Waals surface area contributed by atoms with Crippen molar-refractivity contribution in [2.45, 2.75) is 13.0 Å². The number of halogens is 5. The van der Waals surface area contributed by atoms with Gasteiger partial charge in [0.1, 0.15) is 0 Å². The van der Waals surface area contributed by atoms with Gasteiger partial charge in [-0.2, -0.15) is 0 Å². The van der Waals surface area contributed by atoms with Gasteiger partial charge in [-0.25, -0.2) is 22.0 Å². The normalized spacial score (nSPS) is 12.5. The van der Waals surface area contributed by atoms with Crippen LogP contribution in [0.5, 0.6) is 0 Å². The highest BCUT2D eigenvalue weighted by atomic mass is 19.2. The Kier molecular flexibility index (Phi) is 4.57. The van der Waals surface area contributed by atoms with Gasteiger partial charge in [0.15, 0.2) is 23.3 Å². The summed E-state index contributed by atoms with van der Waals surface area (Å²) < 4.78 is 67.6. The van der Waals surface area contributed by atoms with Crippen LogP contribution in [0, 0.1) is 29.1 Å². The van der Waals surface area contributed by atoms with Gasteiger partial charge in [0.25, 0.3) is 0 Å². The molecule has 0 bridgehead atoms. The van der Waals surface area contributed by atoms with Gasteiger partial charge >= 0.3 is 0 Å². The van der Waals surface area contributed by atoms with E-state index in [-0.39, 0.29) is 0 Å². The van der Waals surface area contributed by atoms with E-state index >= 15 is 0 Å². The standard InChI is InChI=1S/C15H12F5N/c1-2-21-15(8-6-4-3-5-7-8)9-10(16)12(18)14(20)13(19)11(9)17/h3-7,15,21H,2H2,1H3. The monoisotopic (exact) mass is 301 g/mol. The van der Waals surface area contributed by atoms with Crippen LogP contribution in [0.1, 0.15) is 24.1 Å². The van der Waals surface area contributed by atoms with Crippen LogP contribution in [0.3, 0.4) is 0 Å². The first kappa shape index (κ1) is 15.4. The summed E-state index contributed by atoms with van der Waals surface area (Å²) in [6, 6.07) is 6.89. The van der Waals surface area contributed by atoms with Crippen molar-refractivity contribution >= 4 is 0 Å². The van der Waals surface area contributed by atoms with Crippen LogP contribution in [0.2, 0.25) is 0 Å². The van der Waals surface area contributed by atoms with E-state index in [4.69, 9.17) is 0 Å². The van der Waals surface area contributed by atoms with Crippen molar-refractivity contribution in [3.05, 3.63) is 70.5 Å². The maximum atomic E-state index is 13.9. The van der Waals surface area contributed by atoms with E-state index in [0.717, 1.165) is 0 Å². The Morgan fingerprint density at radius 1 is 0.810 bits per heavy atom. The summed E-state index contributed by atoms with van der Waals surface area (Å²) in [6.45, 7) is 1.96. The van der Waals surface area contributed by atoms with Gasteiger partial charge in [-0.1, -0.05) is 37.3 Å². The topological polar surface area (TPSA) is 12.0 Å². The summed E-state index contributed by atoms with van der Waals surface area (Å²) >= 11 is 0. The molecule has 0 aliphatic carbocycles. The molecule has 1 nitrogen and oxygen atoms in total. The van der Waals surface area contributed by atoms with Crippen molar-refractivity contribution in [3.63, 3.8) is 0 Å². The number of rotatable bonds is 4. The predicted octanol–water partition coefficient (Wildman–Crippen LogP) is 4.08. The first-order valence-corrected chi connectivity index (χ1v) is 6.28. The molecule has 0 fully saturated rings. The SMILES string of the molecule is CCNC(c1ccccc1)c1c(F)c(F)c(F)c(F)c1F. The van der Waals surface area contributed by atoms with Gasteiger partial charge in [0.2, 0.25) is 5.82 Å². The van der Waals surface area contributed by atoms with E-state index in [1.165, 1.54) is 0 Å². The third-order valence-corrected chi connectivity index (χ3v) is 3.07. The second-order valence-electron chi connectivity index (χ2n) is 4.38. The zero-order chi connectivity index (χ0) is 15.6. The van der Waals surface area contributed by atoms with Gasteiger partial charge in [-0.05, 0) is 12.1 Å². The molecule has 0 saturated heterocycles. The quantitative estimate of drug-likeness (QED) is 0.510. The largest absolute Gasteiger partial charge is 0.306 e. The van der Waals surface area contributed by atoms with Crippen molar-refractivity contribution in [3.8, 4) is 0 Å². The van der Waals surface area contributed by atoms with Crippen LogP contribution in [0.15, 0.2) is 30.3 Å². The van der Waals surface area contributed by atoms with Crippen LogP contribution in [-0.2, 0) is 0 Å². The predicted molar refractivity (Wildman–Crippen MR) is 68.2 cm³/mol. The number of hydrogen-bond acceptors (Lipinski definition) is 1. The summed E-state index contributed by atoms with van der Waals surface area (Å²) in [6.07, 6.45) is 0. The van der Waals surface area contributed by atoms with Gasteiger partial charge in [0, 0.05) is 0 Å². The van der Waals surface area contributed by atoms with E-state index in [0.29, 0.717) is 12.1 Å². The van der Waals surface area contributed by atoms with Gasteiger partial charge < -0.3 is 5.32 Å². The Morgan fingerprint density at radius 3 is 1.76 bits per heavy atom. The molecule has 1 N–H and O–H groups in total. The molecule has 6 heteroatoms. The second-order valence-corrected chi connectivity index (χ2v) is 4.38. The van der Waals surface area contributed by atoms with Gasteiger partial charge in [-0.3, -0.25) is 0 Å². The Morgan fingerprint density at radius 2 is 1.29 bits per heavy atom. The van der Waals surface area contributed by atoms with Crippen LogP contribution >= 0.6 is 0 Å². The zero-order valence-corrected chi connectivity index (χ0v) is 11.1. The minimum atomic E-state index is -2.16. The fourth-order valence-corrected chi connectivity index (χ4v) is 2.11. The molecule has 21 heavy (non-hydrogen) atoms. The Labute approximate surface area is 118 Å². The average molecular weight is 301 g/mol. The van der Waals surface area contributed by atoms with E-state index < -0.39 is 40.7 Å². The van der Waals surface area contributed by atoms with Crippen molar-refractivity contribution in [2.75, 3.05) is 6.54 Å². The zero-order valence-electron chi connectivity index (χ0n) is 11.1. The third-order valence-electron chi connectivity index (χ3n) is 3.07. The van der Waals surface area contributed by atoms with Crippen molar-refractivity contribution in [1.82, 2.24) is 5.32 Å². The molecule has 0 aliphatic rings. The summed E-state index contributed by atoms with van der Waals surface area (Å²) in [5, 5.41) is 2.73. The third kappa shape index (κ3) is 2.76. The minimum absolute atomic E-state index is 0.291. The maximum absolute atomic E-state index is 13.9. The van der Waals surface area contributed by atoms with Gasteiger partial charge in [-0.15, -0.1) is 0 Å². The minimum Gasteiger partial charge on any atom is -0.306 e. The summed E-state index contributed by atoms with van der Waals surface area (Å²) in [5.74, 6) is -9.68. The molecule has 0 aliphatic heterocycles. The van der Waals surface area contributed by atoms with E-state index in [1.54, 1.807) is 37.3 Å². The fraction of sp³-hybridized carbons (Fsp3) is 0.200. The molecule has 1 unspecified atom stereocenters. The second kappa shape index (κ2) is 6.22. The molecule has 0 heterocycles. The van der Waals surface area contributed by atoms with Crippen LogP contribution in [-0.4, -0.2) is 6.54 Å². The molecular formula is C15H12F5N. The lowest BCUT2D eigenvalue weighted by atomic mass is 9.97. The summed E-state index contributed by atoms with van der Waals surface area (Å²) in [5.41, 5.74) is -0.470. The van der Waals surface area contributed by atoms with E-state index in [9.17, 15) is 22.0 Å². The van der Waals surface area contributed by atoms with Gasteiger partial charge in [0.05, 0.1) is 11.6 Å². The summed E-state index contributed by atoms with van der Waals surface area (Å²) in [7, 11) is 0. The molecule has 2 aromatic carbocycles. The number of nitrogens with one attached hydrogen (secondary N) is 1. The number of hydrogen-bond donors (Lipinski definition) is 1.